The average molecular weight is 260 g/mol. The number of aromatic nitrogens is 2. The minimum Gasteiger partial charge on any atom is -0.480 e. The van der Waals surface area contributed by atoms with Crippen molar-refractivity contribution in [3.8, 4) is 0 Å². The molecule has 1 aromatic heterocycles. The van der Waals surface area contributed by atoms with Crippen LogP contribution in [0.3, 0.4) is 0 Å². The fourth-order valence-electron chi connectivity index (χ4n) is 1.01. The molecule has 0 spiro atoms. The van der Waals surface area contributed by atoms with Gasteiger partial charge in [0.05, 0.1) is 6.10 Å². The molecule has 0 saturated heterocycles. The molecule has 4 N–H and O–H groups in total. The van der Waals surface area contributed by atoms with Gasteiger partial charge < -0.3 is 15.5 Å². The van der Waals surface area contributed by atoms with Crippen LogP contribution in [-0.4, -0.2) is 43.7 Å². The van der Waals surface area contributed by atoms with Crippen molar-refractivity contribution in [2.75, 3.05) is 5.32 Å². The first kappa shape index (κ1) is 13.3. The SMILES string of the molecule is Cc1nsc(NC(=O)NC(C(=O)O)C(C)O)n1. The Hall–Kier alpha value is -1.74. The molecule has 0 aromatic carbocycles. The number of aliphatic carboxylic acids is 1. The molecule has 94 valence electrons. The molecule has 0 aliphatic rings. The van der Waals surface area contributed by atoms with Crippen LogP contribution in [-0.2, 0) is 4.79 Å². The summed E-state index contributed by atoms with van der Waals surface area (Å²) >= 11 is 0.979. The van der Waals surface area contributed by atoms with Crippen LogP contribution in [0.2, 0.25) is 0 Å². The van der Waals surface area contributed by atoms with Crippen molar-refractivity contribution < 1.29 is 19.8 Å². The van der Waals surface area contributed by atoms with E-state index >= 15 is 0 Å². The van der Waals surface area contributed by atoms with E-state index < -0.39 is 24.1 Å². The number of urea groups is 1. The Kier molecular flexibility index (Phi) is 4.35. The Morgan fingerprint density at radius 1 is 1.47 bits per heavy atom. The molecule has 1 rings (SSSR count). The van der Waals surface area contributed by atoms with Crippen molar-refractivity contribution in [1.29, 1.82) is 0 Å². The number of carboxylic acids is 1. The van der Waals surface area contributed by atoms with Gasteiger partial charge in [-0.25, -0.2) is 14.6 Å². The lowest BCUT2D eigenvalue weighted by Gasteiger charge is -2.16. The van der Waals surface area contributed by atoms with Crippen molar-refractivity contribution in [2.24, 2.45) is 0 Å². The van der Waals surface area contributed by atoms with Gasteiger partial charge in [-0.3, -0.25) is 5.32 Å². The number of aryl methyl sites for hydroxylation is 1. The molecule has 17 heavy (non-hydrogen) atoms. The lowest BCUT2D eigenvalue weighted by Crippen LogP contribution is -2.49. The molecule has 8 nitrogen and oxygen atoms in total. The van der Waals surface area contributed by atoms with Gasteiger partial charge in [0, 0.05) is 11.5 Å². The number of amides is 2. The summed E-state index contributed by atoms with van der Waals surface area (Å²) in [6, 6.07) is -2.13. The summed E-state index contributed by atoms with van der Waals surface area (Å²) in [5.41, 5.74) is 0. The molecule has 2 atom stereocenters. The van der Waals surface area contributed by atoms with Crippen LogP contribution in [0.4, 0.5) is 9.93 Å². The van der Waals surface area contributed by atoms with Crippen LogP contribution in [0.5, 0.6) is 0 Å². The second-order valence-corrected chi connectivity index (χ2v) is 4.05. The molecule has 0 aliphatic heterocycles. The first-order valence-electron chi connectivity index (χ1n) is 4.69. The highest BCUT2D eigenvalue weighted by molar-refractivity contribution is 7.09. The van der Waals surface area contributed by atoms with Gasteiger partial charge >= 0.3 is 12.0 Å². The third-order valence-corrected chi connectivity index (χ3v) is 2.50. The van der Waals surface area contributed by atoms with Crippen molar-refractivity contribution in [3.05, 3.63) is 5.82 Å². The van der Waals surface area contributed by atoms with Crippen LogP contribution >= 0.6 is 11.5 Å². The number of carboxylic acid groups (broad SMARTS) is 1. The molecule has 2 unspecified atom stereocenters. The van der Waals surface area contributed by atoms with E-state index in [2.05, 4.69) is 20.0 Å². The molecule has 0 bridgehead atoms. The van der Waals surface area contributed by atoms with Crippen LogP contribution in [0.25, 0.3) is 0 Å². The van der Waals surface area contributed by atoms with Gasteiger partial charge in [0.1, 0.15) is 5.82 Å². The van der Waals surface area contributed by atoms with Crippen molar-refractivity contribution in [2.45, 2.75) is 26.0 Å². The molecule has 1 heterocycles. The van der Waals surface area contributed by atoms with Gasteiger partial charge in [-0.05, 0) is 13.8 Å². The average Bonchev–Trinajstić information content (AvgIpc) is 2.59. The number of anilines is 1. The molecule has 0 saturated carbocycles. The molecule has 2 amide bonds. The van der Waals surface area contributed by atoms with Crippen LogP contribution in [0.1, 0.15) is 12.7 Å². The highest BCUT2D eigenvalue weighted by Gasteiger charge is 2.25. The summed E-state index contributed by atoms with van der Waals surface area (Å²) in [6.07, 6.45) is -1.20. The van der Waals surface area contributed by atoms with E-state index in [0.717, 1.165) is 11.5 Å². The van der Waals surface area contributed by atoms with Crippen LogP contribution in [0, 0.1) is 6.92 Å². The summed E-state index contributed by atoms with van der Waals surface area (Å²) in [7, 11) is 0. The van der Waals surface area contributed by atoms with Gasteiger partial charge in [-0.2, -0.15) is 4.37 Å². The minimum atomic E-state index is -1.37. The topological polar surface area (TPSA) is 124 Å². The summed E-state index contributed by atoms with van der Waals surface area (Å²) in [6.45, 7) is 2.93. The quantitative estimate of drug-likeness (QED) is 0.594. The molecular formula is C8H12N4O4S. The summed E-state index contributed by atoms with van der Waals surface area (Å²) in [5.74, 6) is -0.806. The van der Waals surface area contributed by atoms with Crippen molar-refractivity contribution >= 4 is 28.7 Å². The Balaban J connectivity index is 2.56. The molecule has 1 aromatic rings. The standard InChI is InChI=1S/C8H12N4O4S/c1-3(13)5(6(14)15)10-7(16)11-8-9-4(2)12-17-8/h3,5,13H,1-2H3,(H,14,15)(H2,9,10,11,12,16). The van der Waals surface area contributed by atoms with Crippen molar-refractivity contribution in [1.82, 2.24) is 14.7 Å². The normalized spacial score (nSPS) is 13.8. The Bertz CT molecular complexity index is 419. The summed E-state index contributed by atoms with van der Waals surface area (Å²) < 4.78 is 3.84. The maximum Gasteiger partial charge on any atom is 0.328 e. The van der Waals surface area contributed by atoms with E-state index in [4.69, 9.17) is 10.2 Å². The van der Waals surface area contributed by atoms with E-state index in [1.165, 1.54) is 6.92 Å². The van der Waals surface area contributed by atoms with E-state index in [1.807, 2.05) is 0 Å². The van der Waals surface area contributed by atoms with Gasteiger partial charge in [0.25, 0.3) is 0 Å². The van der Waals surface area contributed by atoms with E-state index in [9.17, 15) is 9.59 Å². The third kappa shape index (κ3) is 3.96. The number of hydrogen-bond donors (Lipinski definition) is 4. The highest BCUT2D eigenvalue weighted by Crippen LogP contribution is 2.09. The number of nitrogens with zero attached hydrogens (tertiary/aromatic N) is 2. The first-order valence-corrected chi connectivity index (χ1v) is 5.46. The predicted molar refractivity (Wildman–Crippen MR) is 59.9 cm³/mol. The van der Waals surface area contributed by atoms with E-state index in [0.29, 0.717) is 5.82 Å². The van der Waals surface area contributed by atoms with Gasteiger partial charge in [-0.15, -0.1) is 0 Å². The summed E-state index contributed by atoms with van der Waals surface area (Å²) in [5, 5.41) is 22.6. The fraction of sp³-hybridized carbons (Fsp3) is 0.500. The van der Waals surface area contributed by atoms with E-state index in [-0.39, 0.29) is 5.13 Å². The maximum atomic E-state index is 11.4. The molecular weight excluding hydrogens is 248 g/mol. The first-order chi connectivity index (χ1) is 7.90. The third-order valence-electron chi connectivity index (χ3n) is 1.78. The number of nitrogens with one attached hydrogen (secondary N) is 2. The maximum absolute atomic E-state index is 11.4. The highest BCUT2D eigenvalue weighted by atomic mass is 32.1. The second kappa shape index (κ2) is 5.55. The second-order valence-electron chi connectivity index (χ2n) is 3.30. The minimum absolute atomic E-state index is 0.259. The molecule has 9 heteroatoms. The van der Waals surface area contributed by atoms with Crippen LogP contribution < -0.4 is 10.6 Å². The lowest BCUT2D eigenvalue weighted by molar-refractivity contribution is -0.141. The van der Waals surface area contributed by atoms with E-state index in [1.54, 1.807) is 6.92 Å². The smallest absolute Gasteiger partial charge is 0.328 e. The largest absolute Gasteiger partial charge is 0.480 e. The zero-order valence-electron chi connectivity index (χ0n) is 9.17. The van der Waals surface area contributed by atoms with Crippen LogP contribution in [0.15, 0.2) is 0 Å². The van der Waals surface area contributed by atoms with Crippen molar-refractivity contribution in [3.63, 3.8) is 0 Å². The molecule has 0 fully saturated rings. The fourth-order valence-corrected chi connectivity index (χ4v) is 1.58. The van der Waals surface area contributed by atoms with Gasteiger partial charge in [-0.1, -0.05) is 0 Å². The Morgan fingerprint density at radius 2 is 2.12 bits per heavy atom. The number of hydrogen-bond acceptors (Lipinski definition) is 6. The molecule has 0 aliphatic carbocycles. The number of aliphatic hydroxyl groups is 1. The molecule has 0 radical (unpaired) electrons. The monoisotopic (exact) mass is 260 g/mol. The zero-order chi connectivity index (χ0) is 13.0. The number of carbonyl (C=O) groups is 2. The van der Waals surface area contributed by atoms with Gasteiger partial charge in [0.2, 0.25) is 5.13 Å². The number of carbonyl (C=O) groups excluding carboxylic acids is 1. The lowest BCUT2D eigenvalue weighted by atomic mass is 10.2. The Morgan fingerprint density at radius 3 is 2.53 bits per heavy atom. The van der Waals surface area contributed by atoms with Gasteiger partial charge in [0.15, 0.2) is 6.04 Å². The Labute approximate surface area is 101 Å². The zero-order valence-corrected chi connectivity index (χ0v) is 9.98. The number of rotatable bonds is 4. The summed E-state index contributed by atoms with van der Waals surface area (Å²) in [4.78, 5) is 26.0. The predicted octanol–water partition coefficient (Wildman–Crippen LogP) is -0.198. The number of aliphatic hydroxyl groups excluding tert-OH is 1.